The molecule has 4 aromatic rings. The summed E-state index contributed by atoms with van der Waals surface area (Å²) in [4.78, 5) is 54.4. The molecule has 0 saturated carbocycles. The van der Waals surface area contributed by atoms with Crippen LogP contribution in [0.4, 0.5) is 0 Å². The fourth-order valence-electron chi connectivity index (χ4n) is 6.62. The minimum atomic E-state index is -3.54. The van der Waals surface area contributed by atoms with Gasteiger partial charge in [-0.25, -0.2) is 0 Å². The van der Waals surface area contributed by atoms with Crippen LogP contribution < -0.4 is 9.47 Å². The number of rotatable bonds is 21. The number of hydrogen-bond acceptors (Lipinski definition) is 6. The average molecular weight is 796 g/mol. The minimum absolute atomic E-state index is 0.0367. The fourth-order valence-corrected chi connectivity index (χ4v) is 21.0. The molecule has 0 bridgehead atoms. The van der Waals surface area contributed by atoms with Gasteiger partial charge < -0.3 is 0 Å². The predicted molar refractivity (Wildman–Crippen MR) is 206 cm³/mol. The molecule has 4 aromatic carbocycles. The average Bonchev–Trinajstić information content (AvgIpc) is 3.18. The van der Waals surface area contributed by atoms with Crippen molar-refractivity contribution >= 4 is 45.0 Å². The van der Waals surface area contributed by atoms with Crippen LogP contribution in [-0.2, 0) is 0 Å². The number of hydrogen-bond donors (Lipinski definition) is 0. The molecule has 50 heavy (non-hydrogen) atoms. The molecule has 0 unspecified atom stereocenters. The van der Waals surface area contributed by atoms with E-state index in [-0.39, 0.29) is 18.5 Å². The van der Waals surface area contributed by atoms with E-state index in [0.29, 0.717) is 56.5 Å². The zero-order chi connectivity index (χ0) is 36.0. The van der Waals surface area contributed by atoms with E-state index in [4.69, 9.17) is 9.47 Å². The van der Waals surface area contributed by atoms with Crippen molar-refractivity contribution in [2.45, 2.75) is 74.4 Å². The molecule has 0 aliphatic heterocycles. The summed E-state index contributed by atoms with van der Waals surface area (Å²) < 4.78 is 12.1. The number of unbranched alkanes of at least 4 members (excludes halogenated alkanes) is 3. The quantitative estimate of drug-likeness (QED) is 0.0617. The first-order chi connectivity index (χ1) is 24.3. The van der Waals surface area contributed by atoms with E-state index in [1.165, 1.54) is 0 Å². The van der Waals surface area contributed by atoms with Gasteiger partial charge in [0, 0.05) is 0 Å². The zero-order valence-corrected chi connectivity index (χ0v) is 34.1. The zero-order valence-electron chi connectivity index (χ0n) is 29.9. The van der Waals surface area contributed by atoms with Crippen molar-refractivity contribution in [3.05, 3.63) is 131 Å². The van der Waals surface area contributed by atoms with Crippen LogP contribution in [0.25, 0.3) is 0 Å². The summed E-state index contributed by atoms with van der Waals surface area (Å²) >= 11 is -7.08. The van der Waals surface area contributed by atoms with Crippen LogP contribution in [0.2, 0.25) is 21.0 Å². The first kappa shape index (κ1) is 39.0. The molecule has 0 aliphatic rings. The Kier molecular flexibility index (Phi) is 14.8. The van der Waals surface area contributed by atoms with Crippen molar-refractivity contribution in [3.63, 3.8) is 0 Å². The molecule has 6 nitrogen and oxygen atoms in total. The molecular formula is C42H50Ge2O6. The van der Waals surface area contributed by atoms with Crippen molar-refractivity contribution in [1.82, 2.24) is 0 Å². The summed E-state index contributed by atoms with van der Waals surface area (Å²) in [7, 11) is 0. The van der Waals surface area contributed by atoms with E-state index in [1.807, 2.05) is 113 Å². The van der Waals surface area contributed by atoms with Crippen molar-refractivity contribution in [1.29, 1.82) is 0 Å². The van der Waals surface area contributed by atoms with Crippen molar-refractivity contribution < 1.29 is 28.7 Å². The second kappa shape index (κ2) is 19.0. The van der Waals surface area contributed by atoms with Crippen molar-refractivity contribution in [3.8, 4) is 11.5 Å². The Morgan fingerprint density at radius 3 is 0.960 bits per heavy atom. The van der Waals surface area contributed by atoms with E-state index in [2.05, 4.69) is 0 Å². The Morgan fingerprint density at radius 2 is 0.680 bits per heavy atom. The van der Waals surface area contributed by atoms with E-state index in [1.54, 1.807) is 24.3 Å². The number of ether oxygens (including phenoxy) is 2. The summed E-state index contributed by atoms with van der Waals surface area (Å²) in [5, 5.41) is 2.50. The molecule has 0 fully saturated rings. The van der Waals surface area contributed by atoms with Crippen LogP contribution in [-0.4, -0.2) is 58.2 Å². The normalized spacial score (nSPS) is 11.5. The second-order valence-corrected chi connectivity index (χ2v) is 31.6. The summed E-state index contributed by atoms with van der Waals surface area (Å²) in [6.07, 6.45) is 3.79. The third-order valence-electron chi connectivity index (χ3n) is 10.0. The van der Waals surface area contributed by atoms with Gasteiger partial charge in [0.05, 0.1) is 0 Å². The Labute approximate surface area is 302 Å². The summed E-state index contributed by atoms with van der Waals surface area (Å²) in [6, 6.07) is 33.0. The maximum atomic E-state index is 13.7. The molecule has 0 atom stereocenters. The molecule has 8 heteroatoms. The summed E-state index contributed by atoms with van der Waals surface area (Å²) in [5.74, 6) is 1.44. The topological polar surface area (TPSA) is 86.7 Å². The van der Waals surface area contributed by atoms with Crippen LogP contribution in [0.1, 0.15) is 94.8 Å². The van der Waals surface area contributed by atoms with Gasteiger partial charge in [0.25, 0.3) is 0 Å². The van der Waals surface area contributed by atoms with Crippen LogP contribution in [0.3, 0.4) is 0 Å². The van der Waals surface area contributed by atoms with Crippen LogP contribution in [0.5, 0.6) is 11.5 Å². The summed E-state index contributed by atoms with van der Waals surface area (Å²) in [6.45, 7) is 9.09. The second-order valence-electron chi connectivity index (χ2n) is 12.8. The Morgan fingerprint density at radius 1 is 0.400 bits per heavy atom. The van der Waals surface area contributed by atoms with Gasteiger partial charge in [0.2, 0.25) is 0 Å². The first-order valence-corrected chi connectivity index (χ1v) is 28.1. The third kappa shape index (κ3) is 9.12. The molecule has 0 radical (unpaired) electrons. The SMILES string of the molecule is C[CH2][Ge]([CH2]C)([C](=O)c1ccccc1)[C](=O)c1ccc(OCCCCCCOc2ccc([C](=O)[Ge]([CH2]C)([CH2]C)[C](=O)c3ccccc3)cc2)cc1. The molecule has 0 aliphatic carbocycles. The van der Waals surface area contributed by atoms with Crippen LogP contribution in [0.15, 0.2) is 109 Å². The van der Waals surface area contributed by atoms with E-state index in [9.17, 15) is 19.2 Å². The van der Waals surface area contributed by atoms with Gasteiger partial charge >= 0.3 is 304 Å². The molecule has 0 aromatic heterocycles. The van der Waals surface area contributed by atoms with Gasteiger partial charge in [-0.05, 0) is 0 Å². The molecule has 0 amide bonds. The standard InChI is InChI=1S/C42H50Ge2O6/c1-5-43(6-2,39(45)33-19-13-11-14-20-33)41(47)35-23-27-37(28-24-35)49-31-17-9-10-18-32-50-38-29-25-36(26-30-38)42(48)44(7-3,8-4)40(46)34-21-15-12-16-22-34/h11-16,19-30H,5-10,17-18,31-32H2,1-4H3. The molecule has 0 N–H and O–H groups in total. The van der Waals surface area contributed by atoms with E-state index >= 15 is 0 Å². The van der Waals surface area contributed by atoms with Crippen molar-refractivity contribution in [2.75, 3.05) is 13.2 Å². The van der Waals surface area contributed by atoms with Gasteiger partial charge in [0.1, 0.15) is 0 Å². The molecule has 262 valence electrons. The van der Waals surface area contributed by atoms with Gasteiger partial charge in [-0.1, -0.05) is 0 Å². The van der Waals surface area contributed by atoms with Gasteiger partial charge in [-0.3, -0.25) is 0 Å². The Balaban J connectivity index is 1.18. The van der Waals surface area contributed by atoms with E-state index < -0.39 is 26.5 Å². The van der Waals surface area contributed by atoms with Gasteiger partial charge in [-0.15, -0.1) is 0 Å². The predicted octanol–water partition coefficient (Wildman–Crippen LogP) is 9.97. The third-order valence-corrected chi connectivity index (χ3v) is 29.9. The molecule has 4 rings (SSSR count). The monoisotopic (exact) mass is 798 g/mol. The first-order valence-electron chi connectivity index (χ1n) is 18.0. The van der Waals surface area contributed by atoms with Crippen molar-refractivity contribution in [2.24, 2.45) is 0 Å². The number of benzene rings is 4. The number of carbonyl (C=O) groups excluding carboxylic acids is 4. The molecule has 0 spiro atoms. The Bertz CT molecular complexity index is 1570. The summed E-state index contributed by atoms with van der Waals surface area (Å²) in [5.41, 5.74) is 2.48. The van der Waals surface area contributed by atoms with E-state index in [0.717, 1.165) is 37.2 Å². The molecule has 0 saturated heterocycles. The maximum absolute atomic E-state index is 13.7. The Hall–Kier alpha value is -3.75. The fraction of sp³-hybridized carbons (Fsp3) is 0.333. The van der Waals surface area contributed by atoms with Crippen LogP contribution in [0, 0.1) is 0 Å². The molecule has 0 heterocycles. The van der Waals surface area contributed by atoms with Gasteiger partial charge in [0.15, 0.2) is 0 Å². The molecular weight excluding hydrogens is 746 g/mol. The van der Waals surface area contributed by atoms with Gasteiger partial charge in [-0.2, -0.15) is 0 Å². The number of carbonyl (C=O) groups is 4. The van der Waals surface area contributed by atoms with Crippen LogP contribution >= 0.6 is 0 Å².